The molecule has 3 heterocycles. The number of hydrogen-bond acceptors (Lipinski definition) is 4. The summed E-state index contributed by atoms with van der Waals surface area (Å²) in [4.78, 5) is 12.0. The second kappa shape index (κ2) is 6.44. The molecule has 0 saturated heterocycles. The fourth-order valence-electron chi connectivity index (χ4n) is 3.53. The summed E-state index contributed by atoms with van der Waals surface area (Å²) < 4.78 is 3.79. The van der Waals surface area contributed by atoms with Crippen molar-refractivity contribution < 1.29 is 4.79 Å². The number of hydrogen-bond donors (Lipinski definition) is 1. The largest absolute Gasteiger partial charge is 0.353 e. The third-order valence-corrected chi connectivity index (χ3v) is 5.28. The van der Waals surface area contributed by atoms with Gasteiger partial charge in [-0.25, -0.2) is 4.52 Å². The predicted octanol–water partition coefficient (Wildman–Crippen LogP) is 2.87. The Morgan fingerprint density at radius 1 is 1.18 bits per heavy atom. The molecule has 3 aromatic heterocycles. The van der Waals surface area contributed by atoms with E-state index in [-0.39, 0.29) is 5.91 Å². The van der Waals surface area contributed by atoms with Gasteiger partial charge in [-0.05, 0) is 44.4 Å². The Morgan fingerprint density at radius 3 is 2.86 bits per heavy atom. The van der Waals surface area contributed by atoms with Gasteiger partial charge in [0, 0.05) is 36.8 Å². The Morgan fingerprint density at radius 2 is 2.04 bits per heavy atom. The monoisotopic (exact) mass is 374 g/mol. The summed E-state index contributed by atoms with van der Waals surface area (Å²) in [5.41, 5.74) is 6.09. The van der Waals surface area contributed by atoms with Crippen LogP contribution in [0.2, 0.25) is 0 Å². The van der Waals surface area contributed by atoms with Crippen molar-refractivity contribution in [3.63, 3.8) is 0 Å². The van der Waals surface area contributed by atoms with Crippen LogP contribution in [0.3, 0.4) is 0 Å². The van der Waals surface area contributed by atoms with E-state index in [1.54, 1.807) is 0 Å². The standard InChI is InChI=1S/C21H22N6O/c1-13-3-4-14(2)16(11-13)17-12-18-21-24-23-19(26(21)9-10-27(18)25-17)7-8-20(28)22-15-5-6-15/h3-4,9-12,15H,5-8H2,1-2H3,(H,22,28). The van der Waals surface area contributed by atoms with Crippen LogP contribution < -0.4 is 5.32 Å². The summed E-state index contributed by atoms with van der Waals surface area (Å²) in [6, 6.07) is 8.82. The Kier molecular flexibility index (Phi) is 3.89. The number of aryl methyl sites for hydroxylation is 3. The normalized spacial score (nSPS) is 14.1. The fraction of sp³-hybridized carbons (Fsp3) is 0.333. The molecule has 0 spiro atoms. The third kappa shape index (κ3) is 3.02. The zero-order valence-electron chi connectivity index (χ0n) is 16.0. The first-order valence-electron chi connectivity index (χ1n) is 9.67. The van der Waals surface area contributed by atoms with Crippen LogP contribution in [0.5, 0.6) is 0 Å². The molecule has 0 atom stereocenters. The van der Waals surface area contributed by atoms with E-state index in [4.69, 9.17) is 5.10 Å². The fourth-order valence-corrected chi connectivity index (χ4v) is 3.53. The van der Waals surface area contributed by atoms with Crippen molar-refractivity contribution in [2.75, 3.05) is 0 Å². The van der Waals surface area contributed by atoms with Crippen molar-refractivity contribution >= 4 is 17.1 Å². The van der Waals surface area contributed by atoms with Gasteiger partial charge in [0.15, 0.2) is 5.65 Å². The molecule has 0 bridgehead atoms. The highest BCUT2D eigenvalue weighted by atomic mass is 16.1. The lowest BCUT2D eigenvalue weighted by molar-refractivity contribution is -0.121. The molecule has 28 heavy (non-hydrogen) atoms. The minimum Gasteiger partial charge on any atom is -0.353 e. The number of nitrogens with one attached hydrogen (secondary N) is 1. The van der Waals surface area contributed by atoms with Crippen LogP contribution in [0, 0.1) is 13.8 Å². The number of carbonyl (C=O) groups is 1. The summed E-state index contributed by atoms with van der Waals surface area (Å²) in [5, 5.41) is 16.4. The topological polar surface area (TPSA) is 76.6 Å². The molecule has 0 radical (unpaired) electrons. The molecule has 142 valence electrons. The highest BCUT2D eigenvalue weighted by molar-refractivity contribution is 5.78. The molecule has 4 aromatic rings. The van der Waals surface area contributed by atoms with Crippen molar-refractivity contribution in [3.8, 4) is 11.3 Å². The van der Waals surface area contributed by atoms with Crippen LogP contribution in [0.1, 0.15) is 36.2 Å². The quantitative estimate of drug-likeness (QED) is 0.583. The van der Waals surface area contributed by atoms with Crippen molar-refractivity contribution in [2.45, 2.75) is 45.6 Å². The highest BCUT2D eigenvalue weighted by Crippen LogP contribution is 2.26. The van der Waals surface area contributed by atoms with E-state index >= 15 is 0 Å². The second-order valence-corrected chi connectivity index (χ2v) is 7.63. The third-order valence-electron chi connectivity index (χ3n) is 5.28. The van der Waals surface area contributed by atoms with E-state index in [9.17, 15) is 4.79 Å². The average Bonchev–Trinajstić information content (AvgIpc) is 3.23. The summed E-state index contributed by atoms with van der Waals surface area (Å²) in [6.07, 6.45) is 7.01. The van der Waals surface area contributed by atoms with E-state index < -0.39 is 0 Å². The van der Waals surface area contributed by atoms with E-state index in [2.05, 4.69) is 53.6 Å². The Balaban J connectivity index is 1.48. The number of benzene rings is 1. The van der Waals surface area contributed by atoms with Crippen LogP contribution in [0.4, 0.5) is 0 Å². The van der Waals surface area contributed by atoms with Gasteiger partial charge in [0.2, 0.25) is 5.91 Å². The van der Waals surface area contributed by atoms with Gasteiger partial charge in [-0.2, -0.15) is 5.10 Å². The zero-order valence-corrected chi connectivity index (χ0v) is 16.0. The summed E-state index contributed by atoms with van der Waals surface area (Å²) >= 11 is 0. The molecule has 1 N–H and O–H groups in total. The molecular weight excluding hydrogens is 352 g/mol. The van der Waals surface area contributed by atoms with Crippen LogP contribution in [0.15, 0.2) is 36.7 Å². The van der Waals surface area contributed by atoms with Gasteiger partial charge < -0.3 is 5.32 Å². The summed E-state index contributed by atoms with van der Waals surface area (Å²) in [7, 11) is 0. The zero-order chi connectivity index (χ0) is 19.3. The first-order chi connectivity index (χ1) is 13.6. The van der Waals surface area contributed by atoms with Crippen LogP contribution in [0.25, 0.3) is 22.4 Å². The molecule has 0 aliphatic heterocycles. The van der Waals surface area contributed by atoms with Gasteiger partial charge in [-0.3, -0.25) is 9.20 Å². The van der Waals surface area contributed by atoms with E-state index in [1.807, 2.05) is 21.3 Å². The van der Waals surface area contributed by atoms with Gasteiger partial charge in [0.25, 0.3) is 0 Å². The lowest BCUT2D eigenvalue weighted by Crippen LogP contribution is -2.25. The number of carbonyl (C=O) groups excluding carboxylic acids is 1. The summed E-state index contributed by atoms with van der Waals surface area (Å²) in [6.45, 7) is 4.18. The molecule has 1 aliphatic carbocycles. The number of amides is 1. The molecule has 1 aromatic carbocycles. The Labute approximate surface area is 162 Å². The van der Waals surface area contributed by atoms with Crippen LogP contribution in [-0.4, -0.2) is 36.2 Å². The number of rotatable bonds is 5. The lowest BCUT2D eigenvalue weighted by Gasteiger charge is -2.03. The van der Waals surface area contributed by atoms with Crippen molar-refractivity contribution in [1.29, 1.82) is 0 Å². The molecule has 7 heteroatoms. The van der Waals surface area contributed by atoms with Gasteiger partial charge in [-0.15, -0.1) is 10.2 Å². The number of aromatic nitrogens is 5. The van der Waals surface area contributed by atoms with Gasteiger partial charge in [-0.1, -0.05) is 17.7 Å². The smallest absolute Gasteiger partial charge is 0.220 e. The van der Waals surface area contributed by atoms with Gasteiger partial charge in [0.05, 0.1) is 5.69 Å². The maximum Gasteiger partial charge on any atom is 0.220 e. The van der Waals surface area contributed by atoms with Crippen LogP contribution in [-0.2, 0) is 11.2 Å². The molecule has 1 fully saturated rings. The van der Waals surface area contributed by atoms with Gasteiger partial charge in [0.1, 0.15) is 11.3 Å². The first kappa shape index (κ1) is 16.9. The Bertz CT molecular complexity index is 1200. The molecule has 5 rings (SSSR count). The molecule has 0 unspecified atom stereocenters. The van der Waals surface area contributed by atoms with E-state index in [0.29, 0.717) is 18.9 Å². The van der Waals surface area contributed by atoms with Gasteiger partial charge >= 0.3 is 0 Å². The molecular formula is C21H22N6O. The molecule has 1 aliphatic rings. The molecule has 1 amide bonds. The second-order valence-electron chi connectivity index (χ2n) is 7.63. The minimum absolute atomic E-state index is 0.0851. The van der Waals surface area contributed by atoms with Crippen molar-refractivity contribution in [1.82, 2.24) is 29.5 Å². The first-order valence-corrected chi connectivity index (χ1v) is 9.67. The Hall–Kier alpha value is -3.22. The average molecular weight is 374 g/mol. The molecule has 1 saturated carbocycles. The highest BCUT2D eigenvalue weighted by Gasteiger charge is 2.23. The van der Waals surface area contributed by atoms with E-state index in [0.717, 1.165) is 41.1 Å². The number of fused-ring (bicyclic) bond motifs is 3. The summed E-state index contributed by atoms with van der Waals surface area (Å²) in [5.74, 6) is 0.875. The molecule has 7 nitrogen and oxygen atoms in total. The predicted molar refractivity (Wildman–Crippen MR) is 106 cm³/mol. The van der Waals surface area contributed by atoms with E-state index in [1.165, 1.54) is 11.1 Å². The van der Waals surface area contributed by atoms with Crippen molar-refractivity contribution in [2.24, 2.45) is 0 Å². The number of nitrogens with zero attached hydrogens (tertiary/aromatic N) is 5. The van der Waals surface area contributed by atoms with Crippen LogP contribution >= 0.6 is 0 Å². The maximum atomic E-state index is 12.0. The SMILES string of the molecule is Cc1ccc(C)c(-c2cc3c4nnc(CCC(=O)NC5CC5)n4ccn3n2)c1. The maximum absolute atomic E-state index is 12.0. The lowest BCUT2D eigenvalue weighted by atomic mass is 10.0. The minimum atomic E-state index is 0.0851. The van der Waals surface area contributed by atoms with Crippen molar-refractivity contribution in [3.05, 3.63) is 53.6 Å².